The topological polar surface area (TPSA) is 111 Å². The molecule has 2 aromatic rings. The first kappa shape index (κ1) is 26.4. The Labute approximate surface area is 199 Å². The monoisotopic (exact) mass is 474 g/mol. The molecule has 0 spiro atoms. The number of carbonyl (C=O) groups excluding carboxylic acids is 2. The summed E-state index contributed by atoms with van der Waals surface area (Å²) >= 11 is 6.06. The van der Waals surface area contributed by atoms with Crippen LogP contribution in [0.25, 0.3) is 0 Å². The number of anilines is 1. The maximum Gasteiger partial charge on any atom is 0.320 e. The van der Waals surface area contributed by atoms with Gasteiger partial charge in [0.15, 0.2) is 0 Å². The zero-order chi connectivity index (χ0) is 24.2. The van der Waals surface area contributed by atoms with E-state index in [2.05, 4.69) is 5.32 Å². The van der Waals surface area contributed by atoms with Crippen LogP contribution in [0, 0.1) is 5.92 Å². The molecule has 2 aromatic carbocycles. The second-order valence-corrected chi connectivity index (χ2v) is 8.16. The summed E-state index contributed by atoms with van der Waals surface area (Å²) in [5, 5.41) is 13.7. The molecule has 0 aromatic heterocycles. The molecule has 0 aliphatic carbocycles. The summed E-state index contributed by atoms with van der Waals surface area (Å²) in [5.74, 6) is -0.0911. The molecule has 0 radical (unpaired) electrons. The van der Waals surface area contributed by atoms with Gasteiger partial charge in [-0.25, -0.2) is 0 Å². The molecule has 0 aliphatic rings. The molecule has 1 amide bonds. The van der Waals surface area contributed by atoms with Gasteiger partial charge in [-0.3, -0.25) is 9.59 Å². The molecular formula is C25H31ClN2O5. The molecule has 0 saturated carbocycles. The van der Waals surface area contributed by atoms with E-state index in [-0.39, 0.29) is 25.0 Å². The smallest absolute Gasteiger partial charge is 0.320 e. The molecule has 178 valence electrons. The van der Waals surface area contributed by atoms with Gasteiger partial charge in [0.05, 0.1) is 24.8 Å². The minimum Gasteiger partial charge on any atom is -0.495 e. The number of allylic oxidation sites excluding steroid dienone is 1. The van der Waals surface area contributed by atoms with Crippen molar-refractivity contribution in [2.24, 2.45) is 11.7 Å². The number of rotatable bonds is 12. The van der Waals surface area contributed by atoms with Crippen LogP contribution >= 0.6 is 11.6 Å². The van der Waals surface area contributed by atoms with Crippen LogP contribution in [0.1, 0.15) is 30.9 Å². The summed E-state index contributed by atoms with van der Waals surface area (Å²) in [7, 11) is 1.53. The number of hydrogen-bond donors (Lipinski definition) is 3. The van der Waals surface area contributed by atoms with Crippen molar-refractivity contribution in [3.8, 4) is 5.75 Å². The van der Waals surface area contributed by atoms with E-state index in [1.54, 1.807) is 24.3 Å². The van der Waals surface area contributed by atoms with Crippen LogP contribution in [0.5, 0.6) is 5.75 Å². The maximum absolute atomic E-state index is 12.1. The van der Waals surface area contributed by atoms with Gasteiger partial charge in [-0.05, 0) is 60.6 Å². The van der Waals surface area contributed by atoms with Gasteiger partial charge < -0.3 is 25.6 Å². The van der Waals surface area contributed by atoms with Crippen LogP contribution in [-0.2, 0) is 27.4 Å². The first-order chi connectivity index (χ1) is 15.8. The van der Waals surface area contributed by atoms with Gasteiger partial charge in [0.2, 0.25) is 5.91 Å². The third-order valence-electron chi connectivity index (χ3n) is 5.17. The minimum absolute atomic E-state index is 0.0586. The summed E-state index contributed by atoms with van der Waals surface area (Å²) in [4.78, 5) is 23.2. The van der Waals surface area contributed by atoms with E-state index in [1.807, 2.05) is 31.2 Å². The number of carbonyl (C=O) groups is 2. The van der Waals surface area contributed by atoms with Gasteiger partial charge in [0.1, 0.15) is 12.4 Å². The lowest BCUT2D eigenvalue weighted by Crippen LogP contribution is -2.20. The molecule has 33 heavy (non-hydrogen) atoms. The van der Waals surface area contributed by atoms with E-state index in [4.69, 9.17) is 26.8 Å². The van der Waals surface area contributed by atoms with Gasteiger partial charge in [-0.2, -0.15) is 0 Å². The Morgan fingerprint density at radius 3 is 2.52 bits per heavy atom. The van der Waals surface area contributed by atoms with Gasteiger partial charge in [-0.15, -0.1) is 0 Å². The molecule has 0 saturated heterocycles. The highest BCUT2D eigenvalue weighted by molar-refractivity contribution is 6.32. The Hall–Kier alpha value is -2.87. The zero-order valence-corrected chi connectivity index (χ0v) is 19.7. The standard InChI is InChI=1S/C25H31ClN2O5/c1-17(22(29)13-18-7-9-19(10-8-18)16-33-25(31)15-27)5-3-4-6-24(30)28-20-11-12-23(32-2)21(26)14-20/h4,6-12,14,17,22,29H,3,5,13,15-16,27H2,1-2H3,(H,28,30)/b6-4+. The first-order valence-corrected chi connectivity index (χ1v) is 11.1. The number of esters is 1. The summed E-state index contributed by atoms with van der Waals surface area (Å²) in [6.07, 6.45) is 4.70. The Kier molecular flexibility index (Phi) is 10.9. The number of benzene rings is 2. The number of aliphatic hydroxyl groups is 1. The van der Waals surface area contributed by atoms with Crippen LogP contribution in [0.4, 0.5) is 5.69 Å². The van der Waals surface area contributed by atoms with E-state index >= 15 is 0 Å². The summed E-state index contributed by atoms with van der Waals surface area (Å²) in [6.45, 7) is 2.03. The Bertz CT molecular complexity index is 946. The fourth-order valence-electron chi connectivity index (χ4n) is 3.11. The second kappa shape index (κ2) is 13.6. The van der Waals surface area contributed by atoms with Gasteiger partial charge in [0, 0.05) is 5.69 Å². The van der Waals surface area contributed by atoms with Crippen LogP contribution in [0.15, 0.2) is 54.6 Å². The molecule has 2 atom stereocenters. The summed E-state index contributed by atoms with van der Waals surface area (Å²) in [5.41, 5.74) is 7.66. The van der Waals surface area contributed by atoms with Gasteiger partial charge in [-0.1, -0.05) is 48.9 Å². The number of ether oxygens (including phenoxy) is 2. The fourth-order valence-corrected chi connectivity index (χ4v) is 3.36. The number of hydrogen-bond acceptors (Lipinski definition) is 6. The van der Waals surface area contributed by atoms with Crippen molar-refractivity contribution in [1.82, 2.24) is 0 Å². The van der Waals surface area contributed by atoms with Crippen molar-refractivity contribution < 1.29 is 24.2 Å². The number of nitrogens with one attached hydrogen (secondary N) is 1. The lowest BCUT2D eigenvalue weighted by Gasteiger charge is -2.18. The second-order valence-electron chi connectivity index (χ2n) is 7.75. The molecule has 0 bridgehead atoms. The van der Waals surface area contributed by atoms with E-state index in [0.717, 1.165) is 17.5 Å². The predicted molar refractivity (Wildman–Crippen MR) is 129 cm³/mol. The number of amides is 1. The van der Waals surface area contributed by atoms with E-state index in [0.29, 0.717) is 29.3 Å². The molecular weight excluding hydrogens is 444 g/mol. The van der Waals surface area contributed by atoms with Crippen molar-refractivity contribution in [3.05, 3.63) is 70.8 Å². The first-order valence-electron chi connectivity index (χ1n) is 10.7. The number of halogens is 1. The third kappa shape index (κ3) is 9.26. The Balaban J connectivity index is 1.73. The van der Waals surface area contributed by atoms with Crippen molar-refractivity contribution in [2.45, 2.75) is 38.9 Å². The quantitative estimate of drug-likeness (QED) is 0.318. The Morgan fingerprint density at radius 1 is 1.18 bits per heavy atom. The SMILES string of the molecule is COc1ccc(NC(=O)/C=C/CCC(C)C(O)Cc2ccc(COC(=O)CN)cc2)cc1Cl. The highest BCUT2D eigenvalue weighted by Crippen LogP contribution is 2.27. The van der Waals surface area contributed by atoms with Crippen LogP contribution in [-0.4, -0.2) is 36.7 Å². The Morgan fingerprint density at radius 2 is 1.88 bits per heavy atom. The van der Waals surface area contributed by atoms with Crippen molar-refractivity contribution in [1.29, 1.82) is 0 Å². The van der Waals surface area contributed by atoms with Crippen LogP contribution in [0.2, 0.25) is 5.02 Å². The zero-order valence-electron chi connectivity index (χ0n) is 18.9. The molecule has 0 aliphatic heterocycles. The third-order valence-corrected chi connectivity index (χ3v) is 5.46. The van der Waals surface area contributed by atoms with E-state index < -0.39 is 12.1 Å². The summed E-state index contributed by atoms with van der Waals surface area (Å²) in [6, 6.07) is 12.6. The maximum atomic E-state index is 12.1. The molecule has 2 unspecified atom stereocenters. The number of aliphatic hydroxyl groups excluding tert-OH is 1. The molecule has 2 rings (SSSR count). The highest BCUT2D eigenvalue weighted by Gasteiger charge is 2.14. The molecule has 0 heterocycles. The molecule has 0 fully saturated rings. The number of nitrogens with two attached hydrogens (primary N) is 1. The predicted octanol–water partition coefficient (Wildman–Crippen LogP) is 3.87. The minimum atomic E-state index is -0.505. The fraction of sp³-hybridized carbons (Fsp3) is 0.360. The largest absolute Gasteiger partial charge is 0.495 e. The van der Waals surface area contributed by atoms with Gasteiger partial charge in [0.25, 0.3) is 0 Å². The highest BCUT2D eigenvalue weighted by atomic mass is 35.5. The molecule has 7 nitrogen and oxygen atoms in total. The molecule has 4 N–H and O–H groups in total. The average Bonchev–Trinajstić information content (AvgIpc) is 2.81. The summed E-state index contributed by atoms with van der Waals surface area (Å²) < 4.78 is 10.1. The van der Waals surface area contributed by atoms with Gasteiger partial charge >= 0.3 is 5.97 Å². The van der Waals surface area contributed by atoms with E-state index in [1.165, 1.54) is 13.2 Å². The lowest BCUT2D eigenvalue weighted by molar-refractivity contribution is -0.143. The lowest BCUT2D eigenvalue weighted by atomic mass is 9.93. The van der Waals surface area contributed by atoms with Crippen molar-refractivity contribution in [2.75, 3.05) is 19.0 Å². The van der Waals surface area contributed by atoms with E-state index in [9.17, 15) is 14.7 Å². The number of methoxy groups -OCH3 is 1. The van der Waals surface area contributed by atoms with Crippen molar-refractivity contribution >= 4 is 29.2 Å². The normalized spacial score (nSPS) is 12.9. The molecule has 8 heteroatoms. The van der Waals surface area contributed by atoms with Crippen LogP contribution in [0.3, 0.4) is 0 Å². The average molecular weight is 475 g/mol. The van der Waals surface area contributed by atoms with Crippen molar-refractivity contribution in [3.63, 3.8) is 0 Å². The van der Waals surface area contributed by atoms with Crippen LogP contribution < -0.4 is 15.8 Å².